The van der Waals surface area contributed by atoms with Crippen molar-refractivity contribution in [3.05, 3.63) is 72.0 Å². The molecule has 3 rings (SSSR count). The Morgan fingerprint density at radius 1 is 1.08 bits per heavy atom. The zero-order valence-electron chi connectivity index (χ0n) is 14.6. The minimum Gasteiger partial charge on any atom is -0.330 e. The van der Waals surface area contributed by atoms with Crippen molar-refractivity contribution in [1.82, 2.24) is 4.98 Å². The summed E-state index contributed by atoms with van der Waals surface area (Å²) in [6, 6.07) is 17.1. The van der Waals surface area contributed by atoms with Crippen LogP contribution in [-0.2, 0) is 4.79 Å². The number of fused-ring (bicyclic) bond motifs is 1. The van der Waals surface area contributed by atoms with Crippen molar-refractivity contribution in [2.45, 2.75) is 20.3 Å². The Labute approximate surface area is 154 Å². The van der Waals surface area contributed by atoms with Gasteiger partial charge in [-0.3, -0.25) is 9.78 Å². The first kappa shape index (κ1) is 20.6. The summed E-state index contributed by atoms with van der Waals surface area (Å²) in [7, 11) is 0. The molecule has 0 saturated heterocycles. The van der Waals surface area contributed by atoms with Gasteiger partial charge in [-0.15, -0.1) is 0 Å². The van der Waals surface area contributed by atoms with Gasteiger partial charge in [0.25, 0.3) is 0 Å². The first-order valence-electron chi connectivity index (χ1n) is 8.23. The summed E-state index contributed by atoms with van der Waals surface area (Å²) in [5.41, 5.74) is 6.09. The molecule has 3 aromatic rings. The van der Waals surface area contributed by atoms with Crippen molar-refractivity contribution in [3.8, 4) is 0 Å². The molecule has 0 unspecified atom stereocenters. The summed E-state index contributed by atoms with van der Waals surface area (Å²) in [5, 5.41) is 5.70. The van der Waals surface area contributed by atoms with Crippen molar-refractivity contribution in [2.75, 3.05) is 11.9 Å². The average molecular weight is 358 g/mol. The van der Waals surface area contributed by atoms with Crippen LogP contribution in [0.4, 0.5) is 5.69 Å². The third-order valence-corrected chi connectivity index (χ3v) is 3.28. The maximum absolute atomic E-state index is 11.3. The van der Waals surface area contributed by atoms with Gasteiger partial charge >= 0.3 is 0 Å². The summed E-state index contributed by atoms with van der Waals surface area (Å²) in [4.78, 5) is 15.4. The standard InChI is InChI=1S/C12H13N3O.C6H5Cl.C2H6/c13-5-3-12(16)15-11-2-1-10-8-14-6-4-9(10)7-11;7-6-4-2-1-3-5-6;1-2/h1-2,4,6-8H,3,5,13H2,(H,15,16);1-5H;1-2H3. The van der Waals surface area contributed by atoms with Gasteiger partial charge in [-0.2, -0.15) is 0 Å². The van der Waals surface area contributed by atoms with E-state index in [0.29, 0.717) is 13.0 Å². The molecule has 0 spiro atoms. The predicted octanol–water partition coefficient (Wildman–Crippen LogP) is 4.89. The third kappa shape index (κ3) is 7.79. The van der Waals surface area contributed by atoms with Crippen LogP contribution in [-0.4, -0.2) is 17.4 Å². The number of hydrogen-bond donors (Lipinski definition) is 2. The van der Waals surface area contributed by atoms with E-state index in [0.717, 1.165) is 21.5 Å². The Morgan fingerprint density at radius 2 is 1.80 bits per heavy atom. The predicted molar refractivity (Wildman–Crippen MR) is 107 cm³/mol. The Hall–Kier alpha value is -2.43. The van der Waals surface area contributed by atoms with Crippen LogP contribution in [0.3, 0.4) is 0 Å². The minimum absolute atomic E-state index is 0.0593. The summed E-state index contributed by atoms with van der Waals surface area (Å²) in [6.45, 7) is 4.36. The summed E-state index contributed by atoms with van der Waals surface area (Å²) in [5.74, 6) is -0.0593. The molecule has 25 heavy (non-hydrogen) atoms. The first-order chi connectivity index (χ1) is 12.2. The molecular weight excluding hydrogens is 334 g/mol. The molecule has 1 heterocycles. The molecule has 0 fully saturated rings. The van der Waals surface area contributed by atoms with Gasteiger partial charge < -0.3 is 11.1 Å². The number of nitrogens with two attached hydrogens (primary N) is 1. The zero-order valence-corrected chi connectivity index (χ0v) is 15.3. The molecule has 1 aromatic heterocycles. The number of nitrogens with one attached hydrogen (secondary N) is 1. The molecule has 0 bridgehead atoms. The summed E-state index contributed by atoms with van der Waals surface area (Å²) >= 11 is 5.54. The maximum atomic E-state index is 11.3. The van der Waals surface area contributed by atoms with E-state index in [1.165, 1.54) is 0 Å². The van der Waals surface area contributed by atoms with Crippen LogP contribution in [0, 0.1) is 0 Å². The lowest BCUT2D eigenvalue weighted by Crippen LogP contribution is -2.16. The Bertz CT molecular complexity index is 763. The Kier molecular flexibility index (Phi) is 9.90. The van der Waals surface area contributed by atoms with Crippen LogP contribution in [0.1, 0.15) is 20.3 Å². The number of anilines is 1. The van der Waals surface area contributed by atoms with Gasteiger partial charge in [0, 0.05) is 41.5 Å². The molecule has 5 heteroatoms. The molecule has 3 N–H and O–H groups in total. The maximum Gasteiger partial charge on any atom is 0.225 e. The second-order valence-corrected chi connectivity index (χ2v) is 5.26. The van der Waals surface area contributed by atoms with Crippen molar-refractivity contribution in [3.63, 3.8) is 0 Å². The number of rotatable bonds is 3. The molecule has 0 atom stereocenters. The number of amides is 1. The van der Waals surface area contributed by atoms with Crippen LogP contribution in [0.5, 0.6) is 0 Å². The summed E-state index contributed by atoms with van der Waals surface area (Å²) < 4.78 is 0. The highest BCUT2D eigenvalue weighted by molar-refractivity contribution is 6.30. The topological polar surface area (TPSA) is 68.0 Å². The highest BCUT2D eigenvalue weighted by Crippen LogP contribution is 2.17. The quantitative estimate of drug-likeness (QED) is 0.701. The molecule has 0 aliphatic heterocycles. The van der Waals surface area contributed by atoms with Crippen LogP contribution in [0.2, 0.25) is 5.02 Å². The lowest BCUT2D eigenvalue weighted by Gasteiger charge is -2.05. The molecule has 0 aliphatic carbocycles. The van der Waals surface area contributed by atoms with Gasteiger partial charge in [0.05, 0.1) is 0 Å². The lowest BCUT2D eigenvalue weighted by atomic mass is 10.1. The number of benzene rings is 2. The lowest BCUT2D eigenvalue weighted by molar-refractivity contribution is -0.116. The van der Waals surface area contributed by atoms with Crippen LogP contribution >= 0.6 is 11.6 Å². The molecule has 1 amide bonds. The van der Waals surface area contributed by atoms with Crippen LogP contribution in [0.15, 0.2) is 67.0 Å². The van der Waals surface area contributed by atoms with E-state index < -0.39 is 0 Å². The second kappa shape index (κ2) is 12.0. The van der Waals surface area contributed by atoms with Crippen LogP contribution < -0.4 is 11.1 Å². The summed E-state index contributed by atoms with van der Waals surface area (Å²) in [6.07, 6.45) is 3.86. The number of carbonyl (C=O) groups is 1. The smallest absolute Gasteiger partial charge is 0.225 e. The van der Waals surface area contributed by atoms with Gasteiger partial charge in [-0.25, -0.2) is 0 Å². The van der Waals surface area contributed by atoms with Crippen molar-refractivity contribution < 1.29 is 4.79 Å². The van der Waals surface area contributed by atoms with Gasteiger partial charge in [0.2, 0.25) is 5.91 Å². The van der Waals surface area contributed by atoms with E-state index in [2.05, 4.69) is 10.3 Å². The van der Waals surface area contributed by atoms with Gasteiger partial charge in [0.15, 0.2) is 0 Å². The highest BCUT2D eigenvalue weighted by atomic mass is 35.5. The number of aromatic nitrogens is 1. The molecule has 0 aliphatic rings. The fourth-order valence-electron chi connectivity index (χ4n) is 1.93. The second-order valence-electron chi connectivity index (χ2n) is 4.82. The normalized spacial score (nSPS) is 9.28. The van der Waals surface area contributed by atoms with Crippen molar-refractivity contribution >= 4 is 34.0 Å². The number of nitrogens with zero attached hydrogens (tertiary/aromatic N) is 1. The molecule has 4 nitrogen and oxygen atoms in total. The number of carbonyl (C=O) groups excluding carboxylic acids is 1. The molecular formula is C20H24ClN3O. The first-order valence-corrected chi connectivity index (χ1v) is 8.61. The van der Waals surface area contributed by atoms with E-state index in [4.69, 9.17) is 17.3 Å². The fraction of sp³-hybridized carbons (Fsp3) is 0.200. The van der Waals surface area contributed by atoms with E-state index in [9.17, 15) is 4.79 Å². The molecule has 132 valence electrons. The largest absolute Gasteiger partial charge is 0.330 e. The fourth-order valence-corrected chi connectivity index (χ4v) is 2.08. The zero-order chi connectivity index (χ0) is 18.5. The Balaban J connectivity index is 0.000000290. The minimum atomic E-state index is -0.0593. The highest BCUT2D eigenvalue weighted by Gasteiger charge is 2.01. The third-order valence-electron chi connectivity index (χ3n) is 3.03. The van der Waals surface area contributed by atoms with Gasteiger partial charge in [0.1, 0.15) is 0 Å². The van der Waals surface area contributed by atoms with Gasteiger partial charge in [-0.1, -0.05) is 49.7 Å². The van der Waals surface area contributed by atoms with Crippen LogP contribution in [0.25, 0.3) is 10.8 Å². The average Bonchev–Trinajstić information content (AvgIpc) is 2.65. The molecule has 0 radical (unpaired) electrons. The number of halogens is 1. The molecule has 2 aromatic carbocycles. The van der Waals surface area contributed by atoms with Gasteiger partial charge in [-0.05, 0) is 35.7 Å². The van der Waals surface area contributed by atoms with Crippen molar-refractivity contribution in [2.24, 2.45) is 5.73 Å². The molecule has 0 saturated carbocycles. The van der Waals surface area contributed by atoms with Crippen molar-refractivity contribution in [1.29, 1.82) is 0 Å². The Morgan fingerprint density at radius 3 is 2.40 bits per heavy atom. The van der Waals surface area contributed by atoms with E-state index in [1.54, 1.807) is 12.4 Å². The monoisotopic (exact) mass is 357 g/mol. The van der Waals surface area contributed by atoms with E-state index in [-0.39, 0.29) is 5.91 Å². The number of pyridine rings is 1. The van der Waals surface area contributed by atoms with E-state index >= 15 is 0 Å². The van der Waals surface area contributed by atoms with E-state index in [1.807, 2.05) is 68.4 Å². The SMILES string of the molecule is CC.Clc1ccccc1.NCCC(=O)Nc1ccc2cnccc2c1. The number of hydrogen-bond acceptors (Lipinski definition) is 3.